The highest BCUT2D eigenvalue weighted by atomic mass is 16.5. The second-order valence-electron chi connectivity index (χ2n) is 15.0. The normalized spacial score (nSPS) is 13.5. The number of hydrogen-bond donors (Lipinski definition) is 6. The van der Waals surface area contributed by atoms with Gasteiger partial charge in [0.25, 0.3) is 5.91 Å². The zero-order chi connectivity index (χ0) is 42.9. The van der Waals surface area contributed by atoms with Crippen LogP contribution in [0, 0.1) is 11.8 Å². The summed E-state index contributed by atoms with van der Waals surface area (Å²) in [6, 6.07) is 26.7. The Balaban J connectivity index is 1.40. The summed E-state index contributed by atoms with van der Waals surface area (Å²) in [5, 5.41) is 14.8. The molecule has 4 rings (SSSR count). The number of alkyl carbamates (subject to hydrolysis) is 1. The van der Waals surface area contributed by atoms with Gasteiger partial charge in [-0.3, -0.25) is 28.8 Å². The molecule has 5 atom stereocenters. The van der Waals surface area contributed by atoms with E-state index in [1.165, 1.54) is 0 Å². The molecular weight excluding hydrogens is 753 g/mol. The summed E-state index contributed by atoms with van der Waals surface area (Å²) in [6.45, 7) is 6.52. The number of Topliss-reactive ketones (excluding diaryl/α,β-unsaturated/α-hetero) is 1. The lowest BCUT2D eigenvalue weighted by atomic mass is 9.93. The molecule has 5 unspecified atom stereocenters. The van der Waals surface area contributed by atoms with Gasteiger partial charge in [0, 0.05) is 12.8 Å². The third-order valence-corrected chi connectivity index (χ3v) is 9.80. The minimum atomic E-state index is -1.31. The van der Waals surface area contributed by atoms with Gasteiger partial charge in [-0.1, -0.05) is 137 Å². The molecule has 0 aliphatic heterocycles. The Kier molecular flexibility index (Phi) is 17.1. The van der Waals surface area contributed by atoms with Crippen LogP contribution in [0.2, 0.25) is 0 Å². The lowest BCUT2D eigenvalue weighted by Gasteiger charge is -2.28. The maximum atomic E-state index is 13.9. The Morgan fingerprint density at radius 2 is 1.22 bits per heavy atom. The first-order valence-electron chi connectivity index (χ1n) is 19.7. The molecule has 0 spiro atoms. The molecule has 6 amide bonds. The van der Waals surface area contributed by atoms with Crippen molar-refractivity contribution in [3.63, 3.8) is 0 Å². The van der Waals surface area contributed by atoms with Crippen LogP contribution in [0.5, 0.6) is 0 Å². The first kappa shape index (κ1) is 45.1. The van der Waals surface area contributed by atoms with E-state index >= 15 is 0 Å². The number of hydrogen-bond acceptors (Lipinski definition) is 8. The van der Waals surface area contributed by atoms with Crippen LogP contribution in [0.1, 0.15) is 57.2 Å². The van der Waals surface area contributed by atoms with Crippen molar-refractivity contribution >= 4 is 52.2 Å². The third-order valence-electron chi connectivity index (χ3n) is 9.80. The second-order valence-corrected chi connectivity index (χ2v) is 15.0. The highest BCUT2D eigenvalue weighted by Crippen LogP contribution is 2.17. The first-order valence-corrected chi connectivity index (χ1v) is 19.7. The zero-order valence-electron chi connectivity index (χ0n) is 33.9. The van der Waals surface area contributed by atoms with Crippen LogP contribution < -0.4 is 32.3 Å². The fraction of sp³-hybridized carbons (Fsp3) is 0.356. The van der Waals surface area contributed by atoms with E-state index in [-0.39, 0.29) is 31.8 Å². The summed E-state index contributed by atoms with van der Waals surface area (Å²) in [7, 11) is 0. The van der Waals surface area contributed by atoms with Gasteiger partial charge in [0.1, 0.15) is 24.7 Å². The van der Waals surface area contributed by atoms with E-state index in [0.29, 0.717) is 6.42 Å². The Morgan fingerprint density at radius 1 is 0.627 bits per heavy atom. The maximum absolute atomic E-state index is 13.9. The number of carbonyl (C=O) groups is 7. The standard InChI is InChI=1S/C45H54N6O8/c1-5-29(4)39(40(53)44(57)47-26-38(52)48-35(41(46)54)25-32-20-21-33-18-12-13-19-34(33)23-32)51-43(56)36(22-28(2)3)49-42(55)37(24-30-14-8-6-9-15-30)50-45(58)59-27-31-16-10-7-11-17-31/h6-21,23,28-29,35-37,39H,5,22,24-27H2,1-4H3,(H2,46,54)(H,47,57)(H,48,52)(H,49,55)(H,50,58)(H,51,56). The molecule has 14 nitrogen and oxygen atoms in total. The fourth-order valence-electron chi connectivity index (χ4n) is 6.36. The highest BCUT2D eigenvalue weighted by Gasteiger charge is 2.35. The SMILES string of the molecule is CCC(C)C(NC(=O)C(CC(C)C)NC(=O)C(Cc1ccccc1)NC(=O)OCc1ccccc1)C(=O)C(=O)NCC(=O)NC(Cc1ccc2ccccc2c1)C(N)=O. The summed E-state index contributed by atoms with van der Waals surface area (Å²) >= 11 is 0. The average molecular weight is 807 g/mol. The van der Waals surface area contributed by atoms with Crippen molar-refractivity contribution in [3.05, 3.63) is 120 Å². The molecule has 0 radical (unpaired) electrons. The largest absolute Gasteiger partial charge is 0.445 e. The topological polar surface area (TPSA) is 215 Å². The molecule has 4 aromatic rings. The molecule has 0 saturated heterocycles. The molecule has 0 fully saturated rings. The van der Waals surface area contributed by atoms with Crippen molar-refractivity contribution < 1.29 is 38.3 Å². The smallest absolute Gasteiger partial charge is 0.408 e. The third kappa shape index (κ3) is 14.4. The van der Waals surface area contributed by atoms with Gasteiger partial charge in [-0.25, -0.2) is 4.79 Å². The molecule has 0 saturated carbocycles. The van der Waals surface area contributed by atoms with Gasteiger partial charge in [-0.2, -0.15) is 0 Å². The summed E-state index contributed by atoms with van der Waals surface area (Å²) in [5.74, 6) is -5.62. The van der Waals surface area contributed by atoms with Gasteiger partial charge < -0.3 is 37.1 Å². The van der Waals surface area contributed by atoms with Crippen molar-refractivity contribution in [2.45, 2.75) is 84.2 Å². The summed E-state index contributed by atoms with van der Waals surface area (Å²) < 4.78 is 5.37. The monoisotopic (exact) mass is 806 g/mol. The highest BCUT2D eigenvalue weighted by molar-refractivity contribution is 6.38. The van der Waals surface area contributed by atoms with Crippen LogP contribution in [0.15, 0.2) is 103 Å². The molecular formula is C45H54N6O8. The lowest BCUT2D eigenvalue weighted by molar-refractivity contribution is -0.142. The van der Waals surface area contributed by atoms with E-state index in [4.69, 9.17) is 10.5 Å². The number of carbonyl (C=O) groups excluding carboxylic acids is 7. The summed E-state index contributed by atoms with van der Waals surface area (Å²) in [6.07, 6.45) is -0.0611. The van der Waals surface area contributed by atoms with Crippen LogP contribution in [-0.4, -0.2) is 72.1 Å². The van der Waals surface area contributed by atoms with E-state index in [1.807, 2.05) is 80.6 Å². The number of nitrogens with one attached hydrogen (secondary N) is 5. The van der Waals surface area contributed by atoms with Crippen molar-refractivity contribution in [1.82, 2.24) is 26.6 Å². The van der Waals surface area contributed by atoms with Crippen LogP contribution >= 0.6 is 0 Å². The van der Waals surface area contributed by atoms with E-state index in [2.05, 4.69) is 26.6 Å². The minimum Gasteiger partial charge on any atom is -0.445 e. The predicted molar refractivity (Wildman–Crippen MR) is 223 cm³/mol. The Morgan fingerprint density at radius 3 is 1.85 bits per heavy atom. The van der Waals surface area contributed by atoms with Crippen LogP contribution in [-0.2, 0) is 53.0 Å². The second kappa shape index (κ2) is 22.4. The Labute approximate surface area is 344 Å². The van der Waals surface area contributed by atoms with Gasteiger partial charge in [0.2, 0.25) is 29.4 Å². The Hall–Kier alpha value is -6.57. The molecule has 0 aliphatic rings. The predicted octanol–water partition coefficient (Wildman–Crippen LogP) is 3.64. The quantitative estimate of drug-likeness (QED) is 0.0683. The molecule has 0 bridgehead atoms. The first-order chi connectivity index (χ1) is 28.2. The van der Waals surface area contributed by atoms with Crippen molar-refractivity contribution in [3.8, 4) is 0 Å². The average Bonchev–Trinajstić information content (AvgIpc) is 3.23. The van der Waals surface area contributed by atoms with Gasteiger partial charge in [0.05, 0.1) is 12.6 Å². The molecule has 7 N–H and O–H groups in total. The van der Waals surface area contributed by atoms with Gasteiger partial charge >= 0.3 is 6.09 Å². The summed E-state index contributed by atoms with van der Waals surface area (Å²) in [5.41, 5.74) is 7.85. The van der Waals surface area contributed by atoms with Crippen LogP contribution in [0.4, 0.5) is 4.79 Å². The minimum absolute atomic E-state index is 0.0199. The van der Waals surface area contributed by atoms with E-state index in [0.717, 1.165) is 27.5 Å². The number of nitrogens with two attached hydrogens (primary N) is 1. The number of rotatable bonds is 21. The number of primary amides is 1. The Bertz CT molecular complexity index is 2080. The van der Waals surface area contributed by atoms with Gasteiger partial charge in [-0.05, 0) is 45.7 Å². The van der Waals surface area contributed by atoms with E-state index in [1.54, 1.807) is 50.2 Å². The van der Waals surface area contributed by atoms with Crippen molar-refractivity contribution in [1.29, 1.82) is 0 Å². The van der Waals surface area contributed by atoms with Crippen molar-refractivity contribution in [2.24, 2.45) is 17.6 Å². The van der Waals surface area contributed by atoms with E-state index in [9.17, 15) is 33.6 Å². The number of fused-ring (bicyclic) bond motifs is 1. The molecule has 4 aromatic carbocycles. The maximum Gasteiger partial charge on any atom is 0.408 e. The number of ether oxygens (including phenoxy) is 1. The number of ketones is 1. The van der Waals surface area contributed by atoms with E-state index < -0.39 is 78.0 Å². The van der Waals surface area contributed by atoms with Crippen molar-refractivity contribution in [2.75, 3.05) is 6.54 Å². The molecule has 0 aliphatic carbocycles. The number of amides is 6. The summed E-state index contributed by atoms with van der Waals surface area (Å²) in [4.78, 5) is 92.4. The van der Waals surface area contributed by atoms with Crippen LogP contribution in [0.3, 0.4) is 0 Å². The zero-order valence-corrected chi connectivity index (χ0v) is 33.9. The lowest BCUT2D eigenvalue weighted by Crippen LogP contribution is -2.58. The van der Waals surface area contributed by atoms with Gasteiger partial charge in [0.15, 0.2) is 0 Å². The molecule has 312 valence electrons. The molecule has 0 heterocycles. The van der Waals surface area contributed by atoms with Gasteiger partial charge in [-0.15, -0.1) is 0 Å². The fourth-order valence-corrected chi connectivity index (χ4v) is 6.36. The number of benzene rings is 4. The molecule has 14 heteroatoms. The molecule has 0 aromatic heterocycles. The van der Waals surface area contributed by atoms with Crippen LogP contribution in [0.25, 0.3) is 10.8 Å². The molecule has 59 heavy (non-hydrogen) atoms.